The Balaban J connectivity index is 0.000000152. The van der Waals surface area contributed by atoms with E-state index in [4.69, 9.17) is 11.6 Å². The number of rotatable bonds is 11. The van der Waals surface area contributed by atoms with Crippen molar-refractivity contribution >= 4 is 50.9 Å². The lowest BCUT2D eigenvalue weighted by atomic mass is 10.1. The molecule has 61 heavy (non-hydrogen) atoms. The Kier molecular flexibility index (Phi) is 13.6. The van der Waals surface area contributed by atoms with Crippen molar-refractivity contribution in [1.82, 2.24) is 45.2 Å². The maximum absolute atomic E-state index is 13.7. The van der Waals surface area contributed by atoms with Gasteiger partial charge < -0.3 is 30.8 Å². The number of aromatic nitrogens is 8. The molecule has 0 aliphatic carbocycles. The molecule has 8 heterocycles. The quantitative estimate of drug-likeness (QED) is 0.0799. The Hall–Kier alpha value is -6.51. The molecular formula is C46H47ClF2N12. The first-order valence-electron chi connectivity index (χ1n) is 20.6. The normalized spacial score (nSPS) is 13.5. The number of aromatic amines is 2. The van der Waals surface area contributed by atoms with Crippen molar-refractivity contribution in [2.24, 2.45) is 0 Å². The third-order valence-corrected chi connectivity index (χ3v) is 10.7. The van der Waals surface area contributed by atoms with E-state index < -0.39 is 11.6 Å². The van der Waals surface area contributed by atoms with Crippen LogP contribution in [-0.4, -0.2) is 79.1 Å². The Bertz CT molecular complexity index is 2670. The summed E-state index contributed by atoms with van der Waals surface area (Å²) < 4.78 is 27.1. The van der Waals surface area contributed by atoms with Crippen LogP contribution in [0.15, 0.2) is 110 Å². The zero-order chi connectivity index (χ0) is 41.8. The van der Waals surface area contributed by atoms with Gasteiger partial charge in [0.25, 0.3) is 0 Å². The average molecular weight is 841 g/mol. The number of fused-ring (bicyclic) bond motifs is 2. The molecule has 0 atom stereocenters. The highest BCUT2D eigenvalue weighted by Gasteiger charge is 2.17. The summed E-state index contributed by atoms with van der Waals surface area (Å²) in [5.41, 5.74) is 5.81. The van der Waals surface area contributed by atoms with Gasteiger partial charge in [-0.1, -0.05) is 48.0 Å². The Morgan fingerprint density at radius 1 is 0.607 bits per heavy atom. The number of anilines is 3. The van der Waals surface area contributed by atoms with Gasteiger partial charge in [-0.3, -0.25) is 9.97 Å². The number of halogens is 3. The molecular weight excluding hydrogens is 794 g/mol. The maximum atomic E-state index is 13.7. The molecule has 2 aliphatic rings. The summed E-state index contributed by atoms with van der Waals surface area (Å²) in [5, 5.41) is 12.6. The summed E-state index contributed by atoms with van der Waals surface area (Å²) in [6.07, 6.45) is 16.3. The topological polar surface area (TPSA) is 148 Å². The van der Waals surface area contributed by atoms with Gasteiger partial charge in [-0.05, 0) is 87.0 Å². The maximum Gasteiger partial charge on any atom is 0.165 e. The third-order valence-electron chi connectivity index (χ3n) is 10.5. The van der Waals surface area contributed by atoms with Gasteiger partial charge in [-0.2, -0.15) is 0 Å². The number of hydrogen-bond acceptors (Lipinski definition) is 10. The molecule has 5 N–H and O–H groups in total. The molecule has 8 aromatic rings. The van der Waals surface area contributed by atoms with Crippen LogP contribution in [0.1, 0.15) is 36.8 Å². The van der Waals surface area contributed by atoms with Gasteiger partial charge in [0.2, 0.25) is 0 Å². The van der Waals surface area contributed by atoms with Crippen LogP contribution in [-0.2, 0) is 12.8 Å². The van der Waals surface area contributed by atoms with Gasteiger partial charge in [-0.15, -0.1) is 0 Å². The lowest BCUT2D eigenvalue weighted by molar-refractivity contribution is 0.621. The van der Waals surface area contributed by atoms with E-state index in [2.05, 4.69) is 97.3 Å². The van der Waals surface area contributed by atoms with Crippen molar-refractivity contribution in [3.05, 3.63) is 138 Å². The van der Waals surface area contributed by atoms with E-state index in [9.17, 15) is 8.78 Å². The number of hydrogen-bond donors (Lipinski definition) is 5. The van der Waals surface area contributed by atoms with E-state index in [1.165, 1.54) is 72.4 Å². The summed E-state index contributed by atoms with van der Waals surface area (Å²) in [6.45, 7) is 5.87. The molecule has 12 nitrogen and oxygen atoms in total. The fraction of sp³-hybridized carbons (Fsp3) is 0.261. The zero-order valence-corrected chi connectivity index (χ0v) is 34.4. The molecule has 312 valence electrons. The Labute approximate surface area is 357 Å². The van der Waals surface area contributed by atoms with E-state index in [-0.39, 0.29) is 5.15 Å². The second kappa shape index (κ2) is 20.2. The summed E-state index contributed by atoms with van der Waals surface area (Å²) in [7, 11) is 0. The van der Waals surface area contributed by atoms with E-state index in [0.717, 1.165) is 74.2 Å². The van der Waals surface area contributed by atoms with Gasteiger partial charge in [0.1, 0.15) is 34.2 Å². The van der Waals surface area contributed by atoms with Gasteiger partial charge in [0.15, 0.2) is 11.6 Å². The second-order valence-corrected chi connectivity index (χ2v) is 15.2. The van der Waals surface area contributed by atoms with E-state index in [1.807, 2.05) is 30.5 Å². The van der Waals surface area contributed by atoms with Crippen molar-refractivity contribution < 1.29 is 8.78 Å². The van der Waals surface area contributed by atoms with E-state index >= 15 is 0 Å². The molecule has 2 saturated heterocycles. The highest BCUT2D eigenvalue weighted by Crippen LogP contribution is 2.26. The van der Waals surface area contributed by atoms with Crippen molar-refractivity contribution in [3.63, 3.8) is 0 Å². The van der Waals surface area contributed by atoms with Crippen LogP contribution >= 0.6 is 11.6 Å². The molecule has 2 aliphatic heterocycles. The predicted octanol–water partition coefficient (Wildman–Crippen LogP) is 9.25. The third kappa shape index (κ3) is 11.0. The monoisotopic (exact) mass is 840 g/mol. The lowest BCUT2D eigenvalue weighted by Gasteiger charge is -2.18. The largest absolute Gasteiger partial charge is 0.370 e. The van der Waals surface area contributed by atoms with Gasteiger partial charge in [0, 0.05) is 96.0 Å². The van der Waals surface area contributed by atoms with E-state index in [1.54, 1.807) is 12.3 Å². The molecule has 15 heteroatoms. The summed E-state index contributed by atoms with van der Waals surface area (Å²) in [5.74, 6) is 2.18. The van der Waals surface area contributed by atoms with Gasteiger partial charge in [0.05, 0.1) is 12.4 Å². The Morgan fingerprint density at radius 3 is 1.66 bits per heavy atom. The summed E-state index contributed by atoms with van der Waals surface area (Å²) in [6, 6.07) is 22.9. The molecule has 2 aromatic carbocycles. The standard InChI is InChI=1S/C23H23FN6.C19H15ClFN5.C4H9N/c24-18-11-17(13-25-15-18)23-28-21(12-22(29-23)30-9-3-4-10-30)26-8-7-16-14-27-20-6-2-1-5-19(16)20;20-17-8-18(26-19(25-17)13-7-14(21)11-22-9-13)23-6-5-12-10-24-16-4-2-1-3-15(12)16;1-2-4-5-3-1/h1-2,5-6,11-15,27H,3-4,7-10H2,(H,26,28,29);1-4,7-11,24H,5-6H2,(H,23,25,26);5H,1-4H2. The van der Waals surface area contributed by atoms with Crippen LogP contribution < -0.4 is 20.9 Å². The highest BCUT2D eigenvalue weighted by atomic mass is 35.5. The van der Waals surface area contributed by atoms with Crippen LogP contribution in [0.2, 0.25) is 5.15 Å². The Morgan fingerprint density at radius 2 is 1.13 bits per heavy atom. The highest BCUT2D eigenvalue weighted by molar-refractivity contribution is 6.29. The first kappa shape index (κ1) is 41.2. The molecule has 6 aromatic heterocycles. The molecule has 0 bridgehead atoms. The van der Waals surface area contributed by atoms with Crippen molar-refractivity contribution in [1.29, 1.82) is 0 Å². The van der Waals surface area contributed by atoms with Crippen molar-refractivity contribution in [2.75, 3.05) is 54.8 Å². The molecule has 2 fully saturated rings. The number of benzene rings is 2. The first-order chi connectivity index (χ1) is 29.9. The first-order valence-corrected chi connectivity index (χ1v) is 21.0. The molecule has 0 saturated carbocycles. The molecule has 0 spiro atoms. The van der Waals surface area contributed by atoms with Crippen LogP contribution in [0.3, 0.4) is 0 Å². The lowest BCUT2D eigenvalue weighted by Crippen LogP contribution is -2.20. The van der Waals surface area contributed by atoms with Gasteiger partial charge >= 0.3 is 0 Å². The fourth-order valence-corrected chi connectivity index (χ4v) is 7.60. The minimum Gasteiger partial charge on any atom is -0.370 e. The van der Waals surface area contributed by atoms with E-state index in [0.29, 0.717) is 35.1 Å². The molecule has 0 radical (unpaired) electrons. The van der Waals surface area contributed by atoms with Crippen LogP contribution in [0, 0.1) is 11.6 Å². The van der Waals surface area contributed by atoms with Crippen LogP contribution in [0.4, 0.5) is 26.2 Å². The zero-order valence-electron chi connectivity index (χ0n) is 33.6. The molecule has 0 unspecified atom stereocenters. The average Bonchev–Trinajstić information content (AvgIpc) is 4.14. The number of H-pyrrole nitrogens is 2. The number of nitrogens with one attached hydrogen (secondary N) is 5. The minimum absolute atomic E-state index is 0.286. The van der Waals surface area contributed by atoms with Gasteiger partial charge in [-0.25, -0.2) is 28.7 Å². The SMILES string of the molecule is C1CCNC1.Fc1cncc(-c2nc(Cl)cc(NCCc3c[nH]c4ccccc34)n2)c1.Fc1cncc(-c2nc(NCCc3c[nH]c4ccccc34)cc(N3CCCC3)n2)c1. The van der Waals surface area contributed by atoms with Crippen LogP contribution in [0.25, 0.3) is 44.6 Å². The predicted molar refractivity (Wildman–Crippen MR) is 240 cm³/mol. The smallest absolute Gasteiger partial charge is 0.165 e. The number of nitrogens with zero attached hydrogens (tertiary/aromatic N) is 7. The van der Waals surface area contributed by atoms with Crippen LogP contribution in [0.5, 0.6) is 0 Å². The fourth-order valence-electron chi connectivity index (χ4n) is 7.42. The van der Waals surface area contributed by atoms with Crippen molar-refractivity contribution in [3.8, 4) is 22.8 Å². The second-order valence-electron chi connectivity index (χ2n) is 14.8. The molecule has 10 rings (SSSR count). The number of para-hydroxylation sites is 2. The summed E-state index contributed by atoms with van der Waals surface area (Å²) >= 11 is 6.09. The minimum atomic E-state index is -0.445. The number of pyridine rings is 2. The van der Waals surface area contributed by atoms with Crippen molar-refractivity contribution in [2.45, 2.75) is 38.5 Å². The molecule has 0 amide bonds. The summed E-state index contributed by atoms with van der Waals surface area (Å²) in [4.78, 5) is 34.5.